The summed E-state index contributed by atoms with van der Waals surface area (Å²) < 4.78 is 20.0. The van der Waals surface area contributed by atoms with E-state index in [1.54, 1.807) is 12.1 Å². The quantitative estimate of drug-likeness (QED) is 0.900. The standard InChI is InChI=1S/C14H14FN5O/c15-10-2-1-3-11(8-10)20-13(17)12(9-16)14(18-20)19-4-6-21-7-5-19/h1-3,8H,4-7,17H2. The Labute approximate surface area is 121 Å². The Balaban J connectivity index is 2.07. The molecule has 1 fully saturated rings. The fourth-order valence-corrected chi connectivity index (χ4v) is 2.33. The highest BCUT2D eigenvalue weighted by molar-refractivity contribution is 5.67. The van der Waals surface area contributed by atoms with E-state index >= 15 is 0 Å². The Morgan fingerprint density at radius 3 is 2.76 bits per heavy atom. The third-order valence-corrected chi connectivity index (χ3v) is 3.38. The van der Waals surface area contributed by atoms with Crippen molar-refractivity contribution < 1.29 is 9.13 Å². The Bertz CT molecular complexity index is 700. The van der Waals surface area contributed by atoms with Gasteiger partial charge in [-0.2, -0.15) is 5.26 Å². The molecule has 2 heterocycles. The van der Waals surface area contributed by atoms with E-state index in [-0.39, 0.29) is 11.6 Å². The molecule has 1 aromatic carbocycles. The highest BCUT2D eigenvalue weighted by Gasteiger charge is 2.23. The highest BCUT2D eigenvalue weighted by Crippen LogP contribution is 2.27. The number of nitriles is 1. The first-order valence-electron chi connectivity index (χ1n) is 6.58. The Kier molecular flexibility index (Phi) is 3.46. The van der Waals surface area contributed by atoms with Gasteiger partial charge in [0, 0.05) is 13.1 Å². The van der Waals surface area contributed by atoms with Crippen LogP contribution in [0.4, 0.5) is 16.0 Å². The normalized spacial score (nSPS) is 15.0. The van der Waals surface area contributed by atoms with Crippen LogP contribution in [0.25, 0.3) is 5.69 Å². The minimum atomic E-state index is -0.381. The van der Waals surface area contributed by atoms with Crippen molar-refractivity contribution in [3.05, 3.63) is 35.6 Å². The molecule has 0 unspecified atom stereocenters. The molecule has 2 aromatic rings. The van der Waals surface area contributed by atoms with Gasteiger partial charge in [-0.05, 0) is 18.2 Å². The summed E-state index contributed by atoms with van der Waals surface area (Å²) in [6, 6.07) is 8.02. The molecule has 0 saturated carbocycles. The van der Waals surface area contributed by atoms with E-state index in [1.165, 1.54) is 16.8 Å². The molecule has 7 heteroatoms. The maximum Gasteiger partial charge on any atom is 0.171 e. The minimum Gasteiger partial charge on any atom is -0.382 e. The van der Waals surface area contributed by atoms with Crippen molar-refractivity contribution in [2.24, 2.45) is 0 Å². The van der Waals surface area contributed by atoms with Crippen molar-refractivity contribution >= 4 is 11.6 Å². The van der Waals surface area contributed by atoms with Crippen molar-refractivity contribution in [1.82, 2.24) is 9.78 Å². The average molecular weight is 287 g/mol. The predicted molar refractivity (Wildman–Crippen MR) is 75.7 cm³/mol. The van der Waals surface area contributed by atoms with Gasteiger partial charge in [0.2, 0.25) is 0 Å². The molecule has 1 saturated heterocycles. The van der Waals surface area contributed by atoms with Gasteiger partial charge in [0.1, 0.15) is 23.3 Å². The van der Waals surface area contributed by atoms with Crippen LogP contribution < -0.4 is 10.6 Å². The second kappa shape index (κ2) is 5.42. The summed E-state index contributed by atoms with van der Waals surface area (Å²) in [7, 11) is 0. The predicted octanol–water partition coefficient (Wildman–Crippen LogP) is 1.30. The number of anilines is 2. The molecule has 1 aliphatic rings. The molecular weight excluding hydrogens is 273 g/mol. The first-order chi connectivity index (χ1) is 10.2. The number of rotatable bonds is 2. The zero-order valence-electron chi connectivity index (χ0n) is 11.3. The van der Waals surface area contributed by atoms with Crippen molar-refractivity contribution in [3.8, 4) is 11.8 Å². The van der Waals surface area contributed by atoms with Crippen LogP contribution in [0.5, 0.6) is 0 Å². The molecule has 21 heavy (non-hydrogen) atoms. The molecule has 108 valence electrons. The lowest BCUT2D eigenvalue weighted by molar-refractivity contribution is 0.122. The third kappa shape index (κ3) is 2.41. The average Bonchev–Trinajstić information content (AvgIpc) is 2.85. The number of halogens is 1. The second-order valence-corrected chi connectivity index (χ2v) is 4.69. The number of benzene rings is 1. The van der Waals surface area contributed by atoms with Gasteiger partial charge in [-0.25, -0.2) is 9.07 Å². The van der Waals surface area contributed by atoms with Crippen molar-refractivity contribution in [2.45, 2.75) is 0 Å². The number of hydrogen-bond acceptors (Lipinski definition) is 5. The molecule has 6 nitrogen and oxygen atoms in total. The molecule has 2 N–H and O–H groups in total. The van der Waals surface area contributed by atoms with Crippen molar-refractivity contribution in [2.75, 3.05) is 36.9 Å². The lowest BCUT2D eigenvalue weighted by Gasteiger charge is -2.26. The first kappa shape index (κ1) is 13.4. The molecule has 0 bridgehead atoms. The largest absolute Gasteiger partial charge is 0.382 e. The van der Waals surface area contributed by atoms with Gasteiger partial charge >= 0.3 is 0 Å². The molecule has 1 aromatic heterocycles. The van der Waals surface area contributed by atoms with Gasteiger partial charge < -0.3 is 15.4 Å². The smallest absolute Gasteiger partial charge is 0.171 e. The summed E-state index contributed by atoms with van der Waals surface area (Å²) in [5.41, 5.74) is 6.80. The van der Waals surface area contributed by atoms with Crippen LogP contribution in [-0.2, 0) is 4.74 Å². The van der Waals surface area contributed by atoms with Gasteiger partial charge in [-0.3, -0.25) is 0 Å². The van der Waals surface area contributed by atoms with E-state index in [0.29, 0.717) is 43.4 Å². The lowest BCUT2D eigenvalue weighted by atomic mass is 10.2. The number of aromatic nitrogens is 2. The molecule has 3 rings (SSSR count). The zero-order chi connectivity index (χ0) is 14.8. The lowest BCUT2D eigenvalue weighted by Crippen LogP contribution is -2.37. The SMILES string of the molecule is N#Cc1c(N2CCOCC2)nn(-c2cccc(F)c2)c1N. The minimum absolute atomic E-state index is 0.213. The van der Waals surface area contributed by atoms with Crippen LogP contribution in [0.15, 0.2) is 24.3 Å². The van der Waals surface area contributed by atoms with Crippen molar-refractivity contribution in [1.29, 1.82) is 5.26 Å². The topological polar surface area (TPSA) is 80.1 Å². The fraction of sp³-hybridized carbons (Fsp3) is 0.286. The van der Waals surface area contributed by atoms with Crippen LogP contribution in [0.1, 0.15) is 5.56 Å². The van der Waals surface area contributed by atoms with Crippen LogP contribution in [0, 0.1) is 17.1 Å². The number of nitrogens with two attached hydrogens (primary N) is 1. The van der Waals surface area contributed by atoms with Crippen LogP contribution in [-0.4, -0.2) is 36.1 Å². The zero-order valence-corrected chi connectivity index (χ0v) is 11.3. The summed E-state index contributed by atoms with van der Waals surface area (Å²) in [5, 5.41) is 13.7. The van der Waals surface area contributed by atoms with Gasteiger partial charge in [-0.1, -0.05) is 6.07 Å². The van der Waals surface area contributed by atoms with Crippen LogP contribution in [0.2, 0.25) is 0 Å². The summed E-state index contributed by atoms with van der Waals surface area (Å²) in [5.74, 6) is 0.348. The van der Waals surface area contributed by atoms with Crippen LogP contribution in [0.3, 0.4) is 0 Å². The Hall–Kier alpha value is -2.59. The summed E-state index contributed by atoms with van der Waals surface area (Å²) in [6.45, 7) is 2.46. The first-order valence-corrected chi connectivity index (χ1v) is 6.58. The molecule has 0 radical (unpaired) electrons. The number of nitrogen functional groups attached to an aromatic ring is 1. The monoisotopic (exact) mass is 287 g/mol. The van der Waals surface area contributed by atoms with E-state index in [2.05, 4.69) is 11.2 Å². The van der Waals surface area contributed by atoms with E-state index in [4.69, 9.17) is 10.5 Å². The van der Waals surface area contributed by atoms with Gasteiger partial charge in [0.25, 0.3) is 0 Å². The van der Waals surface area contributed by atoms with E-state index in [1.807, 2.05) is 4.90 Å². The van der Waals surface area contributed by atoms with Gasteiger partial charge in [-0.15, -0.1) is 5.10 Å². The summed E-state index contributed by atoms with van der Waals surface area (Å²) in [6.07, 6.45) is 0. The number of hydrogen-bond donors (Lipinski definition) is 1. The molecule has 0 amide bonds. The molecule has 0 spiro atoms. The van der Waals surface area contributed by atoms with E-state index < -0.39 is 0 Å². The van der Waals surface area contributed by atoms with Gasteiger partial charge in [0.15, 0.2) is 5.82 Å². The summed E-state index contributed by atoms with van der Waals surface area (Å²) in [4.78, 5) is 1.95. The Morgan fingerprint density at radius 2 is 2.10 bits per heavy atom. The van der Waals surface area contributed by atoms with Crippen molar-refractivity contribution in [3.63, 3.8) is 0 Å². The second-order valence-electron chi connectivity index (χ2n) is 4.69. The Morgan fingerprint density at radius 1 is 1.33 bits per heavy atom. The molecular formula is C14H14FN5O. The molecule has 1 aliphatic heterocycles. The summed E-state index contributed by atoms with van der Waals surface area (Å²) >= 11 is 0. The number of nitrogens with zero attached hydrogens (tertiary/aromatic N) is 4. The van der Waals surface area contributed by atoms with E-state index in [9.17, 15) is 9.65 Å². The van der Waals surface area contributed by atoms with Crippen LogP contribution >= 0.6 is 0 Å². The third-order valence-electron chi connectivity index (χ3n) is 3.38. The molecule has 0 atom stereocenters. The number of morpholine rings is 1. The molecule has 0 aliphatic carbocycles. The van der Waals surface area contributed by atoms with Gasteiger partial charge in [0.05, 0.1) is 18.9 Å². The maximum atomic E-state index is 13.4. The van der Waals surface area contributed by atoms with E-state index in [0.717, 1.165) is 0 Å². The maximum absolute atomic E-state index is 13.4. The number of ether oxygens (including phenoxy) is 1. The highest BCUT2D eigenvalue weighted by atomic mass is 19.1. The fourth-order valence-electron chi connectivity index (χ4n) is 2.33.